The smallest absolute Gasteiger partial charge is 0.323 e. The predicted molar refractivity (Wildman–Crippen MR) is 58.9 cm³/mol. The number of imidazole rings is 1. The lowest BCUT2D eigenvalue weighted by Crippen LogP contribution is -1.99. The zero-order chi connectivity index (χ0) is 10.7. The van der Waals surface area contributed by atoms with E-state index in [-0.39, 0.29) is 5.69 Å². The molecular weight excluding hydrogens is 192 g/mol. The fraction of sp³-hybridized carbons (Fsp3) is 0.364. The normalized spacial score (nSPS) is 11.0. The highest BCUT2D eigenvalue weighted by atomic mass is 16.5. The van der Waals surface area contributed by atoms with Gasteiger partial charge in [0.15, 0.2) is 0 Å². The molecule has 0 unspecified atom stereocenters. The van der Waals surface area contributed by atoms with Crippen molar-refractivity contribution in [2.45, 2.75) is 20.0 Å². The maximum Gasteiger partial charge on any atom is 0.323 e. The molecule has 0 amide bonds. The van der Waals surface area contributed by atoms with E-state index >= 15 is 0 Å². The molecule has 0 radical (unpaired) electrons. The second-order valence-corrected chi connectivity index (χ2v) is 3.51. The molecule has 0 saturated heterocycles. The Hall–Kier alpha value is -1.55. The first kappa shape index (κ1) is 9.98. The summed E-state index contributed by atoms with van der Waals surface area (Å²) in [7, 11) is 0. The van der Waals surface area contributed by atoms with Crippen molar-refractivity contribution in [3.8, 4) is 0 Å². The molecule has 15 heavy (non-hydrogen) atoms. The minimum atomic E-state index is -0.170. The lowest BCUT2D eigenvalue weighted by molar-refractivity contribution is 0.121. The Kier molecular flexibility index (Phi) is 2.87. The van der Waals surface area contributed by atoms with E-state index in [1.54, 1.807) is 0 Å². The number of aromatic nitrogens is 2. The minimum absolute atomic E-state index is 0.170. The second-order valence-electron chi connectivity index (χ2n) is 3.51. The molecule has 1 heterocycles. The number of benzene rings is 1. The molecule has 1 aromatic heterocycles. The van der Waals surface area contributed by atoms with Crippen molar-refractivity contribution in [1.29, 1.82) is 0 Å². The number of rotatable bonds is 4. The Bertz CT molecular complexity index is 499. The van der Waals surface area contributed by atoms with Crippen molar-refractivity contribution in [3.63, 3.8) is 0 Å². The van der Waals surface area contributed by atoms with Crippen LogP contribution in [0.15, 0.2) is 23.0 Å². The molecule has 4 nitrogen and oxygen atoms in total. The summed E-state index contributed by atoms with van der Waals surface area (Å²) in [5.74, 6) is 0. The van der Waals surface area contributed by atoms with Gasteiger partial charge in [0.25, 0.3) is 0 Å². The average Bonchev–Trinajstić information content (AvgIpc) is 2.57. The van der Waals surface area contributed by atoms with Gasteiger partial charge in [-0.1, -0.05) is 13.0 Å². The van der Waals surface area contributed by atoms with Crippen LogP contribution in [-0.2, 0) is 11.3 Å². The molecule has 0 aliphatic heterocycles. The zero-order valence-electron chi connectivity index (χ0n) is 8.67. The standard InChI is InChI=1S/C11H14N2O2/c1-2-5-15-7-8-3-4-9-10(6-8)13-11(14)12-9/h3-4,6H,2,5,7H2,1H3,(H2,12,13,14). The van der Waals surface area contributed by atoms with E-state index in [9.17, 15) is 4.79 Å². The molecule has 1 aromatic carbocycles. The zero-order valence-corrected chi connectivity index (χ0v) is 8.67. The third-order valence-electron chi connectivity index (χ3n) is 2.20. The van der Waals surface area contributed by atoms with Crippen molar-refractivity contribution < 1.29 is 4.74 Å². The van der Waals surface area contributed by atoms with Gasteiger partial charge in [-0.15, -0.1) is 0 Å². The molecule has 80 valence electrons. The molecule has 0 fully saturated rings. The Morgan fingerprint density at radius 2 is 2.07 bits per heavy atom. The van der Waals surface area contributed by atoms with Crippen molar-refractivity contribution in [2.24, 2.45) is 0 Å². The summed E-state index contributed by atoms with van der Waals surface area (Å²) >= 11 is 0. The highest BCUT2D eigenvalue weighted by Crippen LogP contribution is 2.10. The number of ether oxygens (including phenoxy) is 1. The van der Waals surface area contributed by atoms with Crippen LogP contribution < -0.4 is 5.69 Å². The molecule has 2 rings (SSSR count). The summed E-state index contributed by atoms with van der Waals surface area (Å²) < 4.78 is 5.42. The van der Waals surface area contributed by atoms with Crippen molar-refractivity contribution >= 4 is 11.0 Å². The number of hydrogen-bond acceptors (Lipinski definition) is 2. The van der Waals surface area contributed by atoms with Crippen LogP contribution in [0.25, 0.3) is 11.0 Å². The van der Waals surface area contributed by atoms with E-state index < -0.39 is 0 Å². The summed E-state index contributed by atoms with van der Waals surface area (Å²) in [5, 5.41) is 0. The molecular formula is C11H14N2O2. The van der Waals surface area contributed by atoms with E-state index in [1.165, 1.54) is 0 Å². The predicted octanol–water partition coefficient (Wildman–Crippen LogP) is 1.78. The van der Waals surface area contributed by atoms with Gasteiger partial charge in [0.1, 0.15) is 0 Å². The summed E-state index contributed by atoms with van der Waals surface area (Å²) in [6.07, 6.45) is 1.02. The largest absolute Gasteiger partial charge is 0.377 e. The average molecular weight is 206 g/mol. The van der Waals surface area contributed by atoms with Crippen LogP contribution in [0, 0.1) is 0 Å². The number of H-pyrrole nitrogens is 2. The molecule has 0 aliphatic carbocycles. The molecule has 0 atom stereocenters. The van der Waals surface area contributed by atoms with Crippen LogP contribution in [0.4, 0.5) is 0 Å². The quantitative estimate of drug-likeness (QED) is 0.749. The lowest BCUT2D eigenvalue weighted by Gasteiger charge is -2.02. The first-order chi connectivity index (χ1) is 7.29. The molecule has 0 aliphatic rings. The fourth-order valence-corrected chi connectivity index (χ4v) is 1.50. The SMILES string of the molecule is CCCOCc1ccc2[nH]c(=O)[nH]c2c1. The summed E-state index contributed by atoms with van der Waals surface area (Å²) in [4.78, 5) is 16.4. The van der Waals surface area contributed by atoms with Crippen LogP contribution >= 0.6 is 0 Å². The molecule has 2 N–H and O–H groups in total. The van der Waals surface area contributed by atoms with Crippen LogP contribution in [0.5, 0.6) is 0 Å². The Morgan fingerprint density at radius 1 is 1.27 bits per heavy atom. The monoisotopic (exact) mass is 206 g/mol. The van der Waals surface area contributed by atoms with Gasteiger partial charge in [0.2, 0.25) is 0 Å². The van der Waals surface area contributed by atoms with Gasteiger partial charge in [-0.25, -0.2) is 4.79 Å². The number of nitrogens with one attached hydrogen (secondary N) is 2. The first-order valence-electron chi connectivity index (χ1n) is 5.08. The number of aromatic amines is 2. The van der Waals surface area contributed by atoms with Gasteiger partial charge in [-0.05, 0) is 24.1 Å². The van der Waals surface area contributed by atoms with E-state index in [1.807, 2.05) is 18.2 Å². The molecule has 0 spiro atoms. The third-order valence-corrected chi connectivity index (χ3v) is 2.20. The van der Waals surface area contributed by atoms with Crippen molar-refractivity contribution in [3.05, 3.63) is 34.2 Å². The van der Waals surface area contributed by atoms with Crippen LogP contribution in [0.1, 0.15) is 18.9 Å². The van der Waals surface area contributed by atoms with Crippen LogP contribution in [0.3, 0.4) is 0 Å². The highest BCUT2D eigenvalue weighted by Gasteiger charge is 1.99. The van der Waals surface area contributed by atoms with E-state index in [0.717, 1.165) is 29.6 Å². The fourth-order valence-electron chi connectivity index (χ4n) is 1.50. The number of fused-ring (bicyclic) bond motifs is 1. The van der Waals surface area contributed by atoms with E-state index in [0.29, 0.717) is 6.61 Å². The van der Waals surface area contributed by atoms with E-state index in [4.69, 9.17) is 4.74 Å². The summed E-state index contributed by atoms with van der Waals surface area (Å²) in [5.41, 5.74) is 2.57. The minimum Gasteiger partial charge on any atom is -0.377 e. The lowest BCUT2D eigenvalue weighted by atomic mass is 10.2. The van der Waals surface area contributed by atoms with Gasteiger partial charge in [0.05, 0.1) is 17.6 Å². The van der Waals surface area contributed by atoms with Crippen molar-refractivity contribution in [2.75, 3.05) is 6.61 Å². The molecule has 2 aromatic rings. The molecule has 4 heteroatoms. The highest BCUT2D eigenvalue weighted by molar-refractivity contribution is 5.74. The maximum atomic E-state index is 11.0. The Morgan fingerprint density at radius 3 is 2.87 bits per heavy atom. The maximum absolute atomic E-state index is 11.0. The van der Waals surface area contributed by atoms with Crippen molar-refractivity contribution in [1.82, 2.24) is 9.97 Å². The Balaban J connectivity index is 2.19. The van der Waals surface area contributed by atoms with Crippen LogP contribution in [0.2, 0.25) is 0 Å². The second kappa shape index (κ2) is 4.31. The molecule has 0 saturated carbocycles. The summed E-state index contributed by atoms with van der Waals surface area (Å²) in [6.45, 7) is 3.44. The van der Waals surface area contributed by atoms with Gasteiger partial charge in [-0.2, -0.15) is 0 Å². The van der Waals surface area contributed by atoms with Gasteiger partial charge in [-0.3, -0.25) is 0 Å². The molecule has 0 bridgehead atoms. The Labute approximate surface area is 87.3 Å². The third kappa shape index (κ3) is 2.27. The number of hydrogen-bond donors (Lipinski definition) is 2. The first-order valence-corrected chi connectivity index (χ1v) is 5.08. The van der Waals surface area contributed by atoms with E-state index in [2.05, 4.69) is 16.9 Å². The topological polar surface area (TPSA) is 57.9 Å². The van der Waals surface area contributed by atoms with Gasteiger partial charge in [0, 0.05) is 6.61 Å². The summed E-state index contributed by atoms with van der Waals surface area (Å²) in [6, 6.07) is 5.78. The van der Waals surface area contributed by atoms with Gasteiger partial charge < -0.3 is 14.7 Å². The van der Waals surface area contributed by atoms with Gasteiger partial charge >= 0.3 is 5.69 Å². The van der Waals surface area contributed by atoms with Crippen LogP contribution in [-0.4, -0.2) is 16.6 Å².